The molecule has 3 rings (SSSR count). The monoisotopic (exact) mass is 422 g/mol. The number of benzene rings is 3. The van der Waals surface area contributed by atoms with E-state index in [0.717, 1.165) is 16.7 Å². The normalized spacial score (nSPS) is 10.4. The zero-order chi connectivity index (χ0) is 21.5. The predicted octanol–water partition coefficient (Wildman–Crippen LogP) is 5.16. The first-order valence-corrected chi connectivity index (χ1v) is 9.92. The number of carbonyl (C=O) groups is 2. The second kappa shape index (κ2) is 9.94. The number of aryl methyl sites for hydroxylation is 2. The maximum absolute atomic E-state index is 12.2. The van der Waals surface area contributed by atoms with Crippen molar-refractivity contribution in [1.29, 1.82) is 0 Å². The molecule has 0 aliphatic carbocycles. The maximum atomic E-state index is 12.2. The standard InChI is InChI=1S/C24H23ClN2O3/c1-16-12-21(13-17(2)24(16)25)30-15-23(29)27-20-10-8-19(9-11-20)26-22(28)14-18-6-4-3-5-7-18/h3-13H,14-15H2,1-2H3,(H,26,28)(H,27,29). The van der Waals surface area contributed by atoms with Crippen LogP contribution in [0.15, 0.2) is 66.7 Å². The molecule has 0 heterocycles. The van der Waals surface area contributed by atoms with Gasteiger partial charge >= 0.3 is 0 Å². The van der Waals surface area contributed by atoms with Gasteiger partial charge in [0.2, 0.25) is 5.91 Å². The van der Waals surface area contributed by atoms with E-state index in [2.05, 4.69) is 10.6 Å². The van der Waals surface area contributed by atoms with Gasteiger partial charge in [0.1, 0.15) is 5.75 Å². The van der Waals surface area contributed by atoms with Crippen LogP contribution in [-0.2, 0) is 16.0 Å². The molecule has 5 nitrogen and oxygen atoms in total. The van der Waals surface area contributed by atoms with Crippen molar-refractivity contribution in [1.82, 2.24) is 0 Å². The molecule has 3 aromatic rings. The molecule has 0 radical (unpaired) electrons. The highest BCUT2D eigenvalue weighted by molar-refractivity contribution is 6.32. The van der Waals surface area contributed by atoms with Crippen LogP contribution in [0.1, 0.15) is 16.7 Å². The summed E-state index contributed by atoms with van der Waals surface area (Å²) in [6, 6.07) is 20.1. The van der Waals surface area contributed by atoms with E-state index in [1.807, 2.05) is 44.2 Å². The minimum atomic E-state index is -0.277. The van der Waals surface area contributed by atoms with Gasteiger partial charge in [0.05, 0.1) is 6.42 Å². The van der Waals surface area contributed by atoms with Crippen LogP contribution >= 0.6 is 11.6 Å². The molecule has 0 saturated heterocycles. The highest BCUT2D eigenvalue weighted by Crippen LogP contribution is 2.25. The zero-order valence-electron chi connectivity index (χ0n) is 16.9. The molecule has 6 heteroatoms. The highest BCUT2D eigenvalue weighted by atomic mass is 35.5. The van der Waals surface area contributed by atoms with Gasteiger partial charge in [-0.05, 0) is 66.9 Å². The molecular weight excluding hydrogens is 400 g/mol. The summed E-state index contributed by atoms with van der Waals surface area (Å²) in [6.07, 6.45) is 0.306. The Balaban J connectivity index is 1.49. The van der Waals surface area contributed by atoms with E-state index in [4.69, 9.17) is 16.3 Å². The lowest BCUT2D eigenvalue weighted by molar-refractivity contribution is -0.118. The lowest BCUT2D eigenvalue weighted by Crippen LogP contribution is -2.20. The lowest BCUT2D eigenvalue weighted by atomic mass is 10.1. The molecule has 0 unspecified atom stereocenters. The van der Waals surface area contributed by atoms with Gasteiger partial charge in [0.25, 0.3) is 5.91 Å². The number of nitrogens with one attached hydrogen (secondary N) is 2. The number of amides is 2. The average molecular weight is 423 g/mol. The van der Waals surface area contributed by atoms with Crippen molar-refractivity contribution < 1.29 is 14.3 Å². The Morgan fingerprint density at radius 3 is 1.93 bits per heavy atom. The van der Waals surface area contributed by atoms with Crippen LogP contribution in [0.2, 0.25) is 5.02 Å². The predicted molar refractivity (Wildman–Crippen MR) is 120 cm³/mol. The fourth-order valence-electron chi connectivity index (χ4n) is 2.96. The molecule has 0 aliphatic rings. The smallest absolute Gasteiger partial charge is 0.262 e. The molecule has 30 heavy (non-hydrogen) atoms. The first-order chi connectivity index (χ1) is 14.4. The first kappa shape index (κ1) is 21.4. The van der Waals surface area contributed by atoms with E-state index in [1.54, 1.807) is 36.4 Å². The van der Waals surface area contributed by atoms with Crippen molar-refractivity contribution in [3.05, 3.63) is 88.4 Å². The summed E-state index contributed by atoms with van der Waals surface area (Å²) in [5.74, 6) is 0.224. The molecule has 0 bridgehead atoms. The van der Waals surface area contributed by atoms with Gasteiger partial charge in [0.15, 0.2) is 6.61 Å². The van der Waals surface area contributed by atoms with Crippen LogP contribution in [-0.4, -0.2) is 18.4 Å². The minimum Gasteiger partial charge on any atom is -0.484 e. The molecule has 2 amide bonds. The Kier molecular flexibility index (Phi) is 7.09. The summed E-state index contributed by atoms with van der Waals surface area (Å²) in [6.45, 7) is 3.67. The Labute approximate surface area is 181 Å². The number of halogens is 1. The van der Waals surface area contributed by atoms with Gasteiger partial charge in [0, 0.05) is 16.4 Å². The minimum absolute atomic E-state index is 0.0973. The Bertz CT molecular complexity index is 1010. The fourth-order valence-corrected chi connectivity index (χ4v) is 3.07. The number of hydrogen-bond acceptors (Lipinski definition) is 3. The van der Waals surface area contributed by atoms with Crippen LogP contribution in [0, 0.1) is 13.8 Å². The second-order valence-electron chi connectivity index (χ2n) is 7.00. The van der Waals surface area contributed by atoms with Crippen molar-refractivity contribution in [2.24, 2.45) is 0 Å². The quantitative estimate of drug-likeness (QED) is 0.553. The summed E-state index contributed by atoms with van der Waals surface area (Å²) < 4.78 is 5.56. The number of carbonyl (C=O) groups excluding carboxylic acids is 2. The Morgan fingerprint density at radius 1 is 0.833 bits per heavy atom. The van der Waals surface area contributed by atoms with E-state index in [9.17, 15) is 9.59 Å². The number of anilines is 2. The third-order valence-electron chi connectivity index (χ3n) is 4.44. The lowest BCUT2D eigenvalue weighted by Gasteiger charge is -2.11. The maximum Gasteiger partial charge on any atom is 0.262 e. The molecule has 2 N–H and O–H groups in total. The van der Waals surface area contributed by atoms with E-state index in [1.165, 1.54) is 0 Å². The van der Waals surface area contributed by atoms with Crippen molar-refractivity contribution in [3.63, 3.8) is 0 Å². The summed E-state index contributed by atoms with van der Waals surface area (Å²) >= 11 is 6.14. The Hall–Kier alpha value is -3.31. The molecule has 0 aromatic heterocycles. The van der Waals surface area contributed by atoms with Crippen molar-refractivity contribution >= 4 is 34.8 Å². The van der Waals surface area contributed by atoms with Crippen molar-refractivity contribution in [3.8, 4) is 5.75 Å². The van der Waals surface area contributed by atoms with Gasteiger partial charge in [-0.1, -0.05) is 41.9 Å². The van der Waals surface area contributed by atoms with E-state index < -0.39 is 0 Å². The summed E-state index contributed by atoms with van der Waals surface area (Å²) in [4.78, 5) is 24.3. The van der Waals surface area contributed by atoms with Gasteiger partial charge in [-0.2, -0.15) is 0 Å². The van der Waals surface area contributed by atoms with Crippen LogP contribution < -0.4 is 15.4 Å². The SMILES string of the molecule is Cc1cc(OCC(=O)Nc2ccc(NC(=O)Cc3ccccc3)cc2)cc(C)c1Cl. The molecule has 0 atom stereocenters. The summed E-state index contributed by atoms with van der Waals surface area (Å²) in [7, 11) is 0. The van der Waals surface area contributed by atoms with E-state index >= 15 is 0 Å². The second-order valence-corrected chi connectivity index (χ2v) is 7.37. The molecule has 0 aliphatic heterocycles. The first-order valence-electron chi connectivity index (χ1n) is 9.54. The molecular formula is C24H23ClN2O3. The number of ether oxygens (including phenoxy) is 1. The van der Waals surface area contributed by atoms with E-state index in [-0.39, 0.29) is 18.4 Å². The third-order valence-corrected chi connectivity index (χ3v) is 5.04. The summed E-state index contributed by atoms with van der Waals surface area (Å²) in [5, 5.41) is 6.31. The van der Waals surface area contributed by atoms with Gasteiger partial charge in [-0.25, -0.2) is 0 Å². The average Bonchev–Trinajstić information content (AvgIpc) is 2.72. The van der Waals surface area contributed by atoms with Crippen LogP contribution in [0.3, 0.4) is 0 Å². The molecule has 3 aromatic carbocycles. The highest BCUT2D eigenvalue weighted by Gasteiger charge is 2.08. The van der Waals surface area contributed by atoms with Crippen molar-refractivity contribution in [2.45, 2.75) is 20.3 Å². The molecule has 0 spiro atoms. The van der Waals surface area contributed by atoms with Crippen LogP contribution in [0.25, 0.3) is 0 Å². The zero-order valence-corrected chi connectivity index (χ0v) is 17.6. The van der Waals surface area contributed by atoms with Crippen LogP contribution in [0.5, 0.6) is 5.75 Å². The van der Waals surface area contributed by atoms with Crippen LogP contribution in [0.4, 0.5) is 11.4 Å². The van der Waals surface area contributed by atoms with Crippen molar-refractivity contribution in [2.75, 3.05) is 17.2 Å². The largest absolute Gasteiger partial charge is 0.484 e. The summed E-state index contributed by atoms with van der Waals surface area (Å²) in [5.41, 5.74) is 4.03. The topological polar surface area (TPSA) is 67.4 Å². The van der Waals surface area contributed by atoms with Gasteiger partial charge < -0.3 is 15.4 Å². The van der Waals surface area contributed by atoms with E-state index in [0.29, 0.717) is 28.6 Å². The fraction of sp³-hybridized carbons (Fsp3) is 0.167. The Morgan fingerprint density at radius 2 is 1.37 bits per heavy atom. The number of hydrogen-bond donors (Lipinski definition) is 2. The van der Waals surface area contributed by atoms with Gasteiger partial charge in [-0.15, -0.1) is 0 Å². The third kappa shape index (κ3) is 6.09. The molecule has 0 saturated carbocycles. The number of rotatable bonds is 7. The van der Waals surface area contributed by atoms with Gasteiger partial charge in [-0.3, -0.25) is 9.59 Å². The molecule has 0 fully saturated rings. The molecule has 154 valence electrons.